The quantitative estimate of drug-likeness (QED) is 0.813. The molecular weight excluding hydrogens is 271 g/mol. The minimum atomic E-state index is -0.400. The van der Waals surface area contributed by atoms with Gasteiger partial charge in [-0.1, -0.05) is 24.8 Å². The van der Waals surface area contributed by atoms with Crippen LogP contribution in [0.1, 0.15) is 24.5 Å². The Morgan fingerprint density at radius 3 is 3.05 bits per heavy atom. The van der Waals surface area contributed by atoms with Crippen molar-refractivity contribution < 1.29 is 14.3 Å². The van der Waals surface area contributed by atoms with Gasteiger partial charge in [-0.25, -0.2) is 4.39 Å². The molecular formula is C16H19FN2O2. The van der Waals surface area contributed by atoms with E-state index in [1.165, 1.54) is 6.07 Å². The molecule has 0 radical (unpaired) electrons. The molecule has 4 nitrogen and oxygen atoms in total. The third-order valence-electron chi connectivity index (χ3n) is 3.55. The number of carbonyl (C=O) groups excluding carboxylic acids is 1. The number of halogens is 1. The lowest BCUT2D eigenvalue weighted by Crippen LogP contribution is -2.54. The van der Waals surface area contributed by atoms with Crippen LogP contribution in [0.15, 0.2) is 18.2 Å². The number of nitrogens with one attached hydrogen (secondary N) is 1. The van der Waals surface area contributed by atoms with Crippen molar-refractivity contribution in [1.29, 1.82) is 0 Å². The molecule has 1 unspecified atom stereocenters. The molecule has 1 aromatic rings. The summed E-state index contributed by atoms with van der Waals surface area (Å²) in [5.41, 5.74) is 1.18. The fourth-order valence-corrected chi connectivity index (χ4v) is 2.53. The van der Waals surface area contributed by atoms with E-state index >= 15 is 0 Å². The van der Waals surface area contributed by atoms with Crippen LogP contribution in [-0.4, -0.2) is 41.7 Å². The lowest BCUT2D eigenvalue weighted by molar-refractivity contribution is -0.129. The summed E-state index contributed by atoms with van der Waals surface area (Å²) in [4.78, 5) is 13.9. The minimum Gasteiger partial charge on any atom is -0.384 e. The molecule has 0 spiro atoms. The maximum absolute atomic E-state index is 13.6. The smallest absolute Gasteiger partial charge is 0.237 e. The highest BCUT2D eigenvalue weighted by atomic mass is 19.1. The molecule has 2 N–H and O–H groups in total. The number of benzene rings is 1. The van der Waals surface area contributed by atoms with Crippen LogP contribution >= 0.6 is 0 Å². The zero-order chi connectivity index (χ0) is 15.2. The summed E-state index contributed by atoms with van der Waals surface area (Å²) in [5, 5.41) is 11.6. The Balaban J connectivity index is 2.17. The van der Waals surface area contributed by atoms with Crippen LogP contribution in [0, 0.1) is 17.7 Å². The molecule has 1 aliphatic rings. The van der Waals surface area contributed by atoms with Crippen molar-refractivity contribution in [1.82, 2.24) is 10.2 Å². The van der Waals surface area contributed by atoms with Crippen LogP contribution in [0.25, 0.3) is 0 Å². The number of nitrogens with zero attached hydrogens (tertiary/aromatic N) is 1. The number of hydrogen-bond donors (Lipinski definition) is 2. The van der Waals surface area contributed by atoms with Gasteiger partial charge in [0.25, 0.3) is 0 Å². The topological polar surface area (TPSA) is 52.6 Å². The third-order valence-corrected chi connectivity index (χ3v) is 3.55. The fourth-order valence-electron chi connectivity index (χ4n) is 2.53. The molecule has 1 atom stereocenters. The molecule has 5 heteroatoms. The standard InChI is InChI=1S/C16H19FN2O2/c1-2-15-16(21)18-7-8-19(15)11-12-5-6-14(17)13(10-12)4-3-9-20/h5-6,10,15,20H,2,7-9,11H2,1H3,(H,18,21). The van der Waals surface area contributed by atoms with Gasteiger partial charge in [-0.3, -0.25) is 9.69 Å². The molecule has 1 aromatic carbocycles. The highest BCUT2D eigenvalue weighted by molar-refractivity contribution is 5.82. The fraction of sp³-hybridized carbons (Fsp3) is 0.438. The van der Waals surface area contributed by atoms with E-state index < -0.39 is 5.82 Å². The Morgan fingerprint density at radius 2 is 2.33 bits per heavy atom. The second kappa shape index (κ2) is 7.21. The number of amides is 1. The van der Waals surface area contributed by atoms with E-state index in [0.29, 0.717) is 13.1 Å². The van der Waals surface area contributed by atoms with Crippen LogP contribution in [0.2, 0.25) is 0 Å². The average molecular weight is 290 g/mol. The number of piperazine rings is 1. The minimum absolute atomic E-state index is 0.0474. The Hall–Kier alpha value is -1.90. The van der Waals surface area contributed by atoms with Gasteiger partial charge in [0.2, 0.25) is 5.91 Å². The van der Waals surface area contributed by atoms with Crippen LogP contribution < -0.4 is 5.32 Å². The van der Waals surface area contributed by atoms with Gasteiger partial charge in [0.1, 0.15) is 12.4 Å². The molecule has 0 aliphatic carbocycles. The molecule has 1 heterocycles. The first kappa shape index (κ1) is 15.5. The SMILES string of the molecule is CCC1C(=O)NCCN1Cc1ccc(F)c(C#CCO)c1. The lowest BCUT2D eigenvalue weighted by atomic mass is 10.1. The summed E-state index contributed by atoms with van der Waals surface area (Å²) in [6, 6.07) is 4.62. The second-order valence-corrected chi connectivity index (χ2v) is 4.96. The van der Waals surface area contributed by atoms with Gasteiger partial charge in [0.15, 0.2) is 0 Å². The Kier molecular flexibility index (Phi) is 5.32. The Morgan fingerprint density at radius 1 is 1.52 bits per heavy atom. The summed E-state index contributed by atoms with van der Waals surface area (Å²) in [6.07, 6.45) is 0.740. The molecule has 112 valence electrons. The van der Waals surface area contributed by atoms with Crippen molar-refractivity contribution in [2.24, 2.45) is 0 Å². The van der Waals surface area contributed by atoms with Crippen molar-refractivity contribution >= 4 is 5.91 Å². The first-order chi connectivity index (χ1) is 10.2. The summed E-state index contributed by atoms with van der Waals surface area (Å²) in [5.74, 6) is 4.70. The van der Waals surface area contributed by atoms with Gasteiger partial charge in [0, 0.05) is 19.6 Å². The third kappa shape index (κ3) is 3.81. The Labute approximate surface area is 124 Å². The number of aliphatic hydroxyl groups excluding tert-OH is 1. The summed E-state index contributed by atoms with van der Waals surface area (Å²) < 4.78 is 13.6. The number of rotatable bonds is 3. The predicted molar refractivity (Wildman–Crippen MR) is 77.9 cm³/mol. The van der Waals surface area contributed by atoms with E-state index in [4.69, 9.17) is 5.11 Å². The van der Waals surface area contributed by atoms with Crippen LogP contribution in [0.5, 0.6) is 0 Å². The number of hydrogen-bond acceptors (Lipinski definition) is 3. The second-order valence-electron chi connectivity index (χ2n) is 4.96. The summed E-state index contributed by atoms with van der Waals surface area (Å²) in [6.45, 7) is 3.67. The molecule has 2 rings (SSSR count). The molecule has 1 amide bonds. The normalized spacial score (nSPS) is 18.8. The zero-order valence-corrected chi connectivity index (χ0v) is 12.0. The molecule has 1 fully saturated rings. The van der Waals surface area contributed by atoms with E-state index in [-0.39, 0.29) is 24.1 Å². The van der Waals surface area contributed by atoms with E-state index in [1.807, 2.05) is 6.92 Å². The maximum atomic E-state index is 13.6. The highest BCUT2D eigenvalue weighted by Gasteiger charge is 2.27. The van der Waals surface area contributed by atoms with Crippen LogP contribution in [-0.2, 0) is 11.3 Å². The highest BCUT2D eigenvalue weighted by Crippen LogP contribution is 2.16. The van der Waals surface area contributed by atoms with Crippen molar-refractivity contribution in [3.8, 4) is 11.8 Å². The monoisotopic (exact) mass is 290 g/mol. The summed E-state index contributed by atoms with van der Waals surface area (Å²) in [7, 11) is 0. The van der Waals surface area contributed by atoms with Crippen molar-refractivity contribution in [2.75, 3.05) is 19.7 Å². The largest absolute Gasteiger partial charge is 0.384 e. The predicted octanol–water partition coefficient (Wildman–Crippen LogP) is 0.880. The van der Waals surface area contributed by atoms with Crippen LogP contribution in [0.3, 0.4) is 0 Å². The lowest BCUT2D eigenvalue weighted by Gasteiger charge is -2.34. The summed E-state index contributed by atoms with van der Waals surface area (Å²) >= 11 is 0. The first-order valence-corrected chi connectivity index (χ1v) is 7.05. The molecule has 0 saturated carbocycles. The van der Waals surface area contributed by atoms with Crippen molar-refractivity contribution in [3.63, 3.8) is 0 Å². The van der Waals surface area contributed by atoms with E-state index in [1.54, 1.807) is 12.1 Å². The first-order valence-electron chi connectivity index (χ1n) is 7.05. The van der Waals surface area contributed by atoms with E-state index in [0.717, 1.165) is 18.5 Å². The zero-order valence-electron chi connectivity index (χ0n) is 12.0. The average Bonchev–Trinajstić information content (AvgIpc) is 2.48. The maximum Gasteiger partial charge on any atom is 0.237 e. The number of carbonyl (C=O) groups is 1. The van der Waals surface area contributed by atoms with Gasteiger partial charge in [-0.05, 0) is 24.1 Å². The molecule has 1 aliphatic heterocycles. The van der Waals surface area contributed by atoms with Gasteiger partial charge < -0.3 is 10.4 Å². The van der Waals surface area contributed by atoms with Crippen molar-refractivity contribution in [2.45, 2.75) is 25.9 Å². The molecule has 21 heavy (non-hydrogen) atoms. The van der Waals surface area contributed by atoms with Crippen LogP contribution in [0.4, 0.5) is 4.39 Å². The van der Waals surface area contributed by atoms with Gasteiger partial charge in [0.05, 0.1) is 11.6 Å². The van der Waals surface area contributed by atoms with E-state index in [9.17, 15) is 9.18 Å². The van der Waals surface area contributed by atoms with Gasteiger partial charge >= 0.3 is 0 Å². The van der Waals surface area contributed by atoms with E-state index in [2.05, 4.69) is 22.1 Å². The molecule has 0 aromatic heterocycles. The Bertz CT molecular complexity index is 577. The number of aliphatic hydroxyl groups is 1. The van der Waals surface area contributed by atoms with Crippen molar-refractivity contribution in [3.05, 3.63) is 35.1 Å². The molecule has 1 saturated heterocycles. The van der Waals surface area contributed by atoms with Gasteiger partial charge in [-0.15, -0.1) is 0 Å². The molecule has 0 bridgehead atoms. The van der Waals surface area contributed by atoms with Gasteiger partial charge in [-0.2, -0.15) is 0 Å².